The van der Waals surface area contributed by atoms with E-state index in [9.17, 15) is 18.0 Å². The number of aliphatic carboxylic acids is 1. The number of hydrogen-bond donors (Lipinski definition) is 2. The largest absolute Gasteiger partial charge is 0.490 e. The number of carboxylic acids is 1. The Bertz CT molecular complexity index is 986. The van der Waals surface area contributed by atoms with E-state index < -0.39 is 12.1 Å². The van der Waals surface area contributed by atoms with E-state index >= 15 is 0 Å². The number of halogens is 3. The van der Waals surface area contributed by atoms with E-state index in [-0.39, 0.29) is 5.91 Å². The molecule has 2 aromatic carbocycles. The maximum absolute atomic E-state index is 12.1. The summed E-state index contributed by atoms with van der Waals surface area (Å²) in [5.74, 6) is -2.79. The molecule has 0 saturated carbocycles. The van der Waals surface area contributed by atoms with Gasteiger partial charge in [-0.05, 0) is 18.1 Å². The van der Waals surface area contributed by atoms with Gasteiger partial charge in [0.1, 0.15) is 0 Å². The van der Waals surface area contributed by atoms with Crippen LogP contribution in [0.15, 0.2) is 67.0 Å². The summed E-state index contributed by atoms with van der Waals surface area (Å²) in [6.07, 6.45) is -1.19. The van der Waals surface area contributed by atoms with E-state index in [0.29, 0.717) is 13.0 Å². The number of rotatable bonds is 5. The molecule has 1 aromatic heterocycles. The molecule has 0 aliphatic rings. The van der Waals surface area contributed by atoms with Gasteiger partial charge in [0.05, 0.1) is 24.8 Å². The van der Waals surface area contributed by atoms with Crippen molar-refractivity contribution in [2.75, 3.05) is 5.32 Å². The van der Waals surface area contributed by atoms with Crippen LogP contribution in [0.25, 0.3) is 0 Å². The lowest BCUT2D eigenvalue weighted by molar-refractivity contribution is -0.192. The second-order valence-electron chi connectivity index (χ2n) is 6.43. The fraction of sp³-hybridized carbons (Fsp3) is 0.190. The molecule has 0 spiro atoms. The summed E-state index contributed by atoms with van der Waals surface area (Å²) >= 11 is 0. The van der Waals surface area contributed by atoms with E-state index in [1.54, 1.807) is 6.20 Å². The summed E-state index contributed by atoms with van der Waals surface area (Å²) in [6.45, 7) is 2.71. The van der Waals surface area contributed by atoms with Crippen molar-refractivity contribution in [2.45, 2.75) is 26.1 Å². The third-order valence-electron chi connectivity index (χ3n) is 3.79. The van der Waals surface area contributed by atoms with E-state index in [1.807, 2.05) is 60.3 Å². The Balaban J connectivity index is 0.000000396. The topological polar surface area (TPSA) is 84.2 Å². The van der Waals surface area contributed by atoms with Gasteiger partial charge in [-0.15, -0.1) is 0 Å². The lowest BCUT2D eigenvalue weighted by atomic mass is 10.1. The molecule has 0 radical (unpaired) electrons. The molecule has 0 bridgehead atoms. The smallest absolute Gasteiger partial charge is 0.475 e. The first-order valence-corrected chi connectivity index (χ1v) is 8.85. The van der Waals surface area contributed by atoms with Gasteiger partial charge >= 0.3 is 12.1 Å². The first-order valence-electron chi connectivity index (χ1n) is 8.85. The summed E-state index contributed by atoms with van der Waals surface area (Å²) in [5, 5.41) is 14.3. The molecule has 30 heavy (non-hydrogen) atoms. The zero-order valence-corrected chi connectivity index (χ0v) is 16.1. The van der Waals surface area contributed by atoms with Gasteiger partial charge < -0.3 is 10.4 Å². The number of nitrogens with zero attached hydrogens (tertiary/aromatic N) is 2. The molecule has 6 nitrogen and oxygen atoms in total. The van der Waals surface area contributed by atoms with Crippen LogP contribution >= 0.6 is 0 Å². The van der Waals surface area contributed by atoms with E-state index in [0.717, 1.165) is 16.8 Å². The fourth-order valence-corrected chi connectivity index (χ4v) is 2.50. The van der Waals surface area contributed by atoms with Crippen molar-refractivity contribution >= 4 is 17.6 Å². The molecule has 0 atom stereocenters. The highest BCUT2D eigenvalue weighted by Crippen LogP contribution is 2.13. The summed E-state index contributed by atoms with van der Waals surface area (Å²) in [5.41, 5.74) is 4.07. The molecular formula is C21H20F3N3O3. The van der Waals surface area contributed by atoms with Crippen LogP contribution in [0.3, 0.4) is 0 Å². The van der Waals surface area contributed by atoms with Crippen molar-refractivity contribution < 1.29 is 27.9 Å². The number of carboxylic acid groups (broad SMARTS) is 1. The molecule has 0 unspecified atom stereocenters. The van der Waals surface area contributed by atoms with Crippen molar-refractivity contribution in [2.24, 2.45) is 0 Å². The van der Waals surface area contributed by atoms with Crippen molar-refractivity contribution in [3.8, 4) is 0 Å². The van der Waals surface area contributed by atoms with Gasteiger partial charge in [0.15, 0.2) is 0 Å². The van der Waals surface area contributed by atoms with Crippen LogP contribution in [-0.4, -0.2) is 32.9 Å². The Morgan fingerprint density at radius 2 is 1.70 bits per heavy atom. The molecule has 0 fully saturated rings. The number of anilines is 1. The minimum atomic E-state index is -5.08. The van der Waals surface area contributed by atoms with Crippen molar-refractivity contribution in [1.29, 1.82) is 0 Å². The highest BCUT2D eigenvalue weighted by atomic mass is 19.4. The fourth-order valence-electron chi connectivity index (χ4n) is 2.50. The number of amides is 1. The standard InChI is InChI=1S/C19H19N3O.C2HF3O2/c1-15-6-5-9-17(10-15)11-19(23)21-18-12-20-22(14-18)13-16-7-3-2-4-8-16;3-2(4,5)1(6)7/h2-10,12,14H,11,13H2,1H3,(H,21,23);(H,6,7). The number of nitrogens with one attached hydrogen (secondary N) is 1. The monoisotopic (exact) mass is 419 g/mol. The predicted molar refractivity (Wildman–Crippen MR) is 105 cm³/mol. The minimum Gasteiger partial charge on any atom is -0.475 e. The van der Waals surface area contributed by atoms with Crippen LogP contribution in [0.4, 0.5) is 18.9 Å². The Morgan fingerprint density at radius 1 is 1.07 bits per heavy atom. The van der Waals surface area contributed by atoms with Crippen LogP contribution < -0.4 is 5.32 Å². The third kappa shape index (κ3) is 7.78. The van der Waals surface area contributed by atoms with Crippen LogP contribution in [-0.2, 0) is 22.6 Å². The molecule has 2 N–H and O–H groups in total. The van der Waals surface area contributed by atoms with Crippen molar-refractivity contribution in [3.63, 3.8) is 0 Å². The van der Waals surface area contributed by atoms with Crippen LogP contribution in [0.5, 0.6) is 0 Å². The Kier molecular flexibility index (Phi) is 7.74. The average Bonchev–Trinajstić information content (AvgIpc) is 3.09. The molecule has 1 amide bonds. The maximum atomic E-state index is 12.1. The van der Waals surface area contributed by atoms with Gasteiger partial charge in [-0.3, -0.25) is 9.48 Å². The number of aryl methyl sites for hydroxylation is 1. The Labute approximate surface area is 171 Å². The zero-order valence-electron chi connectivity index (χ0n) is 16.1. The summed E-state index contributed by atoms with van der Waals surface area (Å²) in [4.78, 5) is 21.0. The predicted octanol–water partition coefficient (Wildman–Crippen LogP) is 4.05. The second-order valence-corrected chi connectivity index (χ2v) is 6.43. The molecule has 158 valence electrons. The van der Waals surface area contributed by atoms with Gasteiger partial charge in [-0.1, -0.05) is 60.2 Å². The van der Waals surface area contributed by atoms with Gasteiger partial charge in [0, 0.05) is 6.20 Å². The number of aromatic nitrogens is 2. The molecule has 3 aromatic rings. The molecular weight excluding hydrogens is 399 g/mol. The molecule has 1 heterocycles. The SMILES string of the molecule is Cc1cccc(CC(=O)Nc2cnn(Cc3ccccc3)c2)c1.O=C(O)C(F)(F)F. The maximum Gasteiger partial charge on any atom is 0.490 e. The van der Waals surface area contributed by atoms with Crippen molar-refractivity contribution in [1.82, 2.24) is 9.78 Å². The highest BCUT2D eigenvalue weighted by molar-refractivity contribution is 5.92. The van der Waals surface area contributed by atoms with E-state index in [1.165, 1.54) is 5.56 Å². The van der Waals surface area contributed by atoms with Gasteiger partial charge in [-0.2, -0.15) is 18.3 Å². The van der Waals surface area contributed by atoms with Crippen LogP contribution in [0, 0.1) is 6.92 Å². The van der Waals surface area contributed by atoms with Crippen molar-refractivity contribution in [3.05, 3.63) is 83.7 Å². The lowest BCUT2D eigenvalue weighted by Crippen LogP contribution is -2.21. The number of carbonyl (C=O) groups is 2. The molecule has 0 aliphatic heterocycles. The summed E-state index contributed by atoms with van der Waals surface area (Å²) < 4.78 is 33.6. The van der Waals surface area contributed by atoms with Gasteiger partial charge in [0.25, 0.3) is 0 Å². The lowest BCUT2D eigenvalue weighted by Gasteiger charge is -2.04. The normalized spacial score (nSPS) is 10.7. The Morgan fingerprint density at radius 3 is 2.30 bits per heavy atom. The van der Waals surface area contributed by atoms with Gasteiger partial charge in [-0.25, -0.2) is 4.79 Å². The molecule has 0 saturated heterocycles. The molecule has 9 heteroatoms. The Hall–Kier alpha value is -3.62. The number of hydrogen-bond acceptors (Lipinski definition) is 3. The average molecular weight is 419 g/mol. The number of carbonyl (C=O) groups excluding carboxylic acids is 1. The van der Waals surface area contributed by atoms with Crippen LogP contribution in [0.2, 0.25) is 0 Å². The number of alkyl halides is 3. The molecule has 0 aliphatic carbocycles. The van der Waals surface area contributed by atoms with Gasteiger partial charge in [0.2, 0.25) is 5.91 Å². The summed E-state index contributed by atoms with van der Waals surface area (Å²) in [7, 11) is 0. The second kappa shape index (κ2) is 10.2. The summed E-state index contributed by atoms with van der Waals surface area (Å²) in [6, 6.07) is 18.1. The minimum absolute atomic E-state index is 0.0325. The van der Waals surface area contributed by atoms with E-state index in [4.69, 9.17) is 9.90 Å². The zero-order chi connectivity index (χ0) is 22.1. The highest BCUT2D eigenvalue weighted by Gasteiger charge is 2.38. The van der Waals surface area contributed by atoms with Crippen LogP contribution in [0.1, 0.15) is 16.7 Å². The quantitative estimate of drug-likeness (QED) is 0.653. The number of benzene rings is 2. The third-order valence-corrected chi connectivity index (χ3v) is 3.79. The first-order chi connectivity index (χ1) is 14.1. The first kappa shape index (κ1) is 22.7. The van der Waals surface area contributed by atoms with E-state index in [2.05, 4.69) is 22.5 Å². The molecule has 3 rings (SSSR count).